The number of carbonyl (C=O) groups excluding carboxylic acids is 1. The zero-order valence-corrected chi connectivity index (χ0v) is 12.2. The number of aliphatic hydroxyl groups excluding tert-OH is 1. The topological polar surface area (TPSA) is 46.5 Å². The second-order valence-electron chi connectivity index (χ2n) is 6.13. The third-order valence-corrected chi connectivity index (χ3v) is 5.90. The van der Waals surface area contributed by atoms with Crippen LogP contribution >= 0.6 is 0 Å². The summed E-state index contributed by atoms with van der Waals surface area (Å²) >= 11 is 0. The maximum Gasteiger partial charge on any atom is 0.318 e. The Morgan fingerprint density at radius 3 is 1.87 bits per heavy atom. The van der Waals surface area contributed by atoms with E-state index in [0.717, 1.165) is 0 Å². The van der Waals surface area contributed by atoms with Gasteiger partial charge in [0.15, 0.2) is 0 Å². The number of aliphatic hydroxyl groups is 1. The Morgan fingerprint density at radius 1 is 1.20 bits per heavy atom. The van der Waals surface area contributed by atoms with E-state index in [-0.39, 0.29) is 10.8 Å². The summed E-state index contributed by atoms with van der Waals surface area (Å²) in [5, 5.41) is 8.60. The van der Waals surface area contributed by atoms with Gasteiger partial charge in [0, 0.05) is 0 Å². The van der Waals surface area contributed by atoms with Crippen LogP contribution in [-0.4, -0.2) is 27.4 Å². The number of hydrogen-bond donors (Lipinski definition) is 1. The molecule has 0 heterocycles. The summed E-state index contributed by atoms with van der Waals surface area (Å²) in [6, 6.07) is 0. The van der Waals surface area contributed by atoms with Crippen molar-refractivity contribution in [2.45, 2.75) is 47.1 Å². The first-order valence-electron chi connectivity index (χ1n) is 5.35. The molecule has 0 aliphatic carbocycles. The molecule has 0 aliphatic heterocycles. The van der Waals surface area contributed by atoms with Crippen LogP contribution in [0.3, 0.4) is 0 Å². The van der Waals surface area contributed by atoms with Crippen LogP contribution in [0.1, 0.15) is 41.5 Å². The van der Waals surface area contributed by atoms with Crippen LogP contribution in [0.15, 0.2) is 0 Å². The second-order valence-corrected chi connectivity index (χ2v) is 7.56. The maximum absolute atomic E-state index is 10.9. The van der Waals surface area contributed by atoms with E-state index in [1.807, 2.05) is 0 Å². The van der Waals surface area contributed by atoms with E-state index >= 15 is 0 Å². The Bertz CT molecular complexity index is 199. The minimum absolute atomic E-state index is 0.139. The van der Waals surface area contributed by atoms with Gasteiger partial charge in [-0.25, -0.2) is 0 Å². The lowest BCUT2D eigenvalue weighted by atomic mass is 9.77. The van der Waals surface area contributed by atoms with Crippen molar-refractivity contribution in [3.8, 4) is 0 Å². The van der Waals surface area contributed by atoms with Crippen molar-refractivity contribution in [1.29, 1.82) is 0 Å². The Morgan fingerprint density at radius 2 is 1.60 bits per heavy atom. The van der Waals surface area contributed by atoms with Crippen molar-refractivity contribution in [3.05, 3.63) is 0 Å². The third kappa shape index (κ3) is 5.32. The summed E-state index contributed by atoms with van der Waals surface area (Å²) in [5.41, 5.74) is 0.681. The normalized spacial score (nSPS) is 13.9. The van der Waals surface area contributed by atoms with Crippen LogP contribution in [-0.2, 0) is 9.22 Å². The molecule has 0 saturated carbocycles. The molecule has 0 atom stereocenters. The molecule has 4 heteroatoms. The summed E-state index contributed by atoms with van der Waals surface area (Å²) in [6.07, 6.45) is 0. The lowest BCUT2D eigenvalue weighted by Crippen LogP contribution is -2.34. The molecule has 0 spiro atoms. The van der Waals surface area contributed by atoms with E-state index in [9.17, 15) is 4.79 Å². The second kappa shape index (κ2) is 5.12. The minimum Gasteiger partial charge on any atom is -0.523 e. The molecule has 0 rings (SSSR count). The lowest BCUT2D eigenvalue weighted by Gasteiger charge is -2.39. The van der Waals surface area contributed by atoms with E-state index in [0.29, 0.717) is 5.54 Å². The van der Waals surface area contributed by atoms with Gasteiger partial charge in [-0.2, -0.15) is 0 Å². The number of rotatable bonds is 3. The standard InChI is InChI=1S/C11H24O3Si/c1-10(2,3)9(11(4,5)6)15-14-8(13)7-12/h9,12H,7,15H2,1-6H3. The first-order valence-corrected chi connectivity index (χ1v) is 6.75. The van der Waals surface area contributed by atoms with Crippen molar-refractivity contribution >= 4 is 15.7 Å². The molecule has 0 aromatic heterocycles. The quantitative estimate of drug-likeness (QED) is 0.750. The van der Waals surface area contributed by atoms with Gasteiger partial charge < -0.3 is 9.53 Å². The van der Waals surface area contributed by atoms with Crippen molar-refractivity contribution < 1.29 is 14.3 Å². The molecule has 0 aliphatic rings. The highest BCUT2D eigenvalue weighted by Gasteiger charge is 2.36. The van der Waals surface area contributed by atoms with Crippen LogP contribution in [0.4, 0.5) is 0 Å². The SMILES string of the molecule is CC(C)(C)C([SiH2]OC(=O)CO)C(C)(C)C. The molecule has 3 nitrogen and oxygen atoms in total. The molecule has 0 saturated heterocycles. The lowest BCUT2D eigenvalue weighted by molar-refractivity contribution is -0.137. The molecule has 0 bridgehead atoms. The average molecular weight is 232 g/mol. The van der Waals surface area contributed by atoms with Crippen molar-refractivity contribution in [1.82, 2.24) is 0 Å². The largest absolute Gasteiger partial charge is 0.523 e. The van der Waals surface area contributed by atoms with Crippen LogP contribution in [0.25, 0.3) is 0 Å². The summed E-state index contributed by atoms with van der Waals surface area (Å²) in [7, 11) is -0.951. The fourth-order valence-corrected chi connectivity index (χ4v) is 3.46. The Balaban J connectivity index is 4.49. The Hall–Kier alpha value is -0.353. The van der Waals surface area contributed by atoms with E-state index in [1.165, 1.54) is 0 Å². The van der Waals surface area contributed by atoms with E-state index in [2.05, 4.69) is 41.5 Å². The summed E-state index contributed by atoms with van der Waals surface area (Å²) in [4.78, 5) is 10.9. The summed E-state index contributed by atoms with van der Waals surface area (Å²) in [6.45, 7) is 12.5. The molecule has 1 N–H and O–H groups in total. The van der Waals surface area contributed by atoms with Gasteiger partial charge in [0.25, 0.3) is 0 Å². The number of carbonyl (C=O) groups is 1. The summed E-state index contributed by atoms with van der Waals surface area (Å²) < 4.78 is 5.16. The predicted octanol–water partition coefficient (Wildman–Crippen LogP) is 1.49. The van der Waals surface area contributed by atoms with Gasteiger partial charge in [-0.15, -0.1) is 0 Å². The molecule has 0 amide bonds. The van der Waals surface area contributed by atoms with Crippen LogP contribution < -0.4 is 0 Å². The average Bonchev–Trinajstić information content (AvgIpc) is 1.99. The molecule has 0 aromatic carbocycles. The highest BCUT2D eigenvalue weighted by molar-refractivity contribution is 6.33. The highest BCUT2D eigenvalue weighted by atomic mass is 28.2. The van der Waals surface area contributed by atoms with Gasteiger partial charge >= 0.3 is 5.97 Å². The monoisotopic (exact) mass is 232 g/mol. The van der Waals surface area contributed by atoms with Crippen LogP contribution in [0, 0.1) is 10.8 Å². The zero-order valence-electron chi connectivity index (χ0n) is 10.8. The fourth-order valence-electron chi connectivity index (χ4n) is 2.02. The molecule has 15 heavy (non-hydrogen) atoms. The molecular formula is C11H24O3Si. The molecule has 0 unspecified atom stereocenters. The fraction of sp³-hybridized carbons (Fsp3) is 0.909. The maximum atomic E-state index is 10.9. The highest BCUT2D eigenvalue weighted by Crippen LogP contribution is 2.44. The van der Waals surface area contributed by atoms with E-state index in [1.54, 1.807) is 0 Å². The van der Waals surface area contributed by atoms with Gasteiger partial charge in [-0.05, 0) is 16.4 Å². The van der Waals surface area contributed by atoms with Gasteiger partial charge in [0.1, 0.15) is 6.61 Å². The van der Waals surface area contributed by atoms with Gasteiger partial charge in [0.2, 0.25) is 9.76 Å². The number of hydrogen-bond acceptors (Lipinski definition) is 3. The molecule has 90 valence electrons. The van der Waals surface area contributed by atoms with Crippen molar-refractivity contribution in [3.63, 3.8) is 0 Å². The molecule has 0 aromatic rings. The summed E-state index contributed by atoms with van der Waals surface area (Å²) in [5.74, 6) is -0.486. The Labute approximate surface area is 95.2 Å². The molecule has 0 radical (unpaired) electrons. The van der Waals surface area contributed by atoms with Gasteiger partial charge in [-0.3, -0.25) is 4.79 Å². The first-order chi connectivity index (χ1) is 6.59. The van der Waals surface area contributed by atoms with E-state index in [4.69, 9.17) is 9.53 Å². The minimum atomic E-state index is -0.951. The van der Waals surface area contributed by atoms with Crippen LogP contribution in [0.2, 0.25) is 5.54 Å². The first kappa shape index (κ1) is 14.6. The van der Waals surface area contributed by atoms with E-state index < -0.39 is 22.3 Å². The molecule has 0 fully saturated rings. The smallest absolute Gasteiger partial charge is 0.318 e. The predicted molar refractivity (Wildman–Crippen MR) is 64.4 cm³/mol. The molecular weight excluding hydrogens is 208 g/mol. The van der Waals surface area contributed by atoms with Crippen molar-refractivity contribution in [2.75, 3.05) is 6.61 Å². The van der Waals surface area contributed by atoms with Crippen molar-refractivity contribution in [2.24, 2.45) is 10.8 Å². The van der Waals surface area contributed by atoms with Crippen LogP contribution in [0.5, 0.6) is 0 Å². The Kier molecular flexibility index (Phi) is 5.00. The van der Waals surface area contributed by atoms with Gasteiger partial charge in [-0.1, -0.05) is 41.5 Å². The van der Waals surface area contributed by atoms with Gasteiger partial charge in [0.05, 0.1) is 0 Å². The zero-order chi connectivity index (χ0) is 12.3. The third-order valence-electron chi connectivity index (χ3n) is 2.63.